The van der Waals surface area contributed by atoms with Crippen molar-refractivity contribution < 1.29 is 0 Å². The summed E-state index contributed by atoms with van der Waals surface area (Å²) < 4.78 is 0. The zero-order valence-electron chi connectivity index (χ0n) is 12.6. The number of hydrogen-bond donors (Lipinski definition) is 2. The topological polar surface area (TPSA) is 49.8 Å². The number of nitrogens with zero attached hydrogens (tertiary/aromatic N) is 2. The molecular formula is C15H26N4. The predicted molar refractivity (Wildman–Crippen MR) is 80.6 cm³/mol. The van der Waals surface area contributed by atoms with Crippen LogP contribution in [0.25, 0.3) is 0 Å². The van der Waals surface area contributed by atoms with E-state index in [0.717, 1.165) is 36.9 Å². The molecule has 1 fully saturated rings. The van der Waals surface area contributed by atoms with E-state index >= 15 is 0 Å². The first-order valence-electron chi connectivity index (χ1n) is 7.44. The minimum atomic E-state index is 0.125. The molecule has 1 aromatic heterocycles. The van der Waals surface area contributed by atoms with Crippen LogP contribution in [0.4, 0.5) is 11.6 Å². The normalized spacial score (nSPS) is 15.4. The fourth-order valence-corrected chi connectivity index (χ4v) is 2.46. The molecule has 4 heteroatoms. The highest BCUT2D eigenvalue weighted by Crippen LogP contribution is 2.41. The van der Waals surface area contributed by atoms with E-state index in [0.29, 0.717) is 0 Å². The van der Waals surface area contributed by atoms with Crippen molar-refractivity contribution in [2.45, 2.75) is 58.9 Å². The van der Waals surface area contributed by atoms with Crippen LogP contribution in [0.15, 0.2) is 6.33 Å². The highest BCUT2D eigenvalue weighted by Gasteiger charge is 2.38. The second-order valence-corrected chi connectivity index (χ2v) is 5.95. The molecule has 0 radical (unpaired) electrons. The van der Waals surface area contributed by atoms with Crippen LogP contribution in [0.1, 0.15) is 52.5 Å². The first kappa shape index (κ1) is 14.1. The number of hydrogen-bond acceptors (Lipinski definition) is 4. The summed E-state index contributed by atoms with van der Waals surface area (Å²) in [6.45, 7) is 9.81. The van der Waals surface area contributed by atoms with E-state index in [2.05, 4.69) is 48.3 Å². The summed E-state index contributed by atoms with van der Waals surface area (Å²) in [5.41, 5.74) is 1.32. The SMILES string of the molecule is CCCNc1ncnc(NC(C)(C)C2CC2)c1CC. The zero-order chi connectivity index (χ0) is 13.9. The van der Waals surface area contributed by atoms with Gasteiger partial charge in [0.15, 0.2) is 0 Å². The molecule has 0 bridgehead atoms. The van der Waals surface area contributed by atoms with Gasteiger partial charge in [-0.05, 0) is 45.4 Å². The monoisotopic (exact) mass is 262 g/mol. The van der Waals surface area contributed by atoms with E-state index in [9.17, 15) is 0 Å². The first-order chi connectivity index (χ1) is 9.08. The highest BCUT2D eigenvalue weighted by molar-refractivity contribution is 5.58. The van der Waals surface area contributed by atoms with E-state index in [1.807, 2.05) is 0 Å². The predicted octanol–water partition coefficient (Wildman–Crippen LogP) is 3.46. The van der Waals surface area contributed by atoms with Gasteiger partial charge in [-0.2, -0.15) is 0 Å². The zero-order valence-corrected chi connectivity index (χ0v) is 12.6. The first-order valence-corrected chi connectivity index (χ1v) is 7.44. The Balaban J connectivity index is 2.19. The van der Waals surface area contributed by atoms with E-state index in [1.54, 1.807) is 6.33 Å². The lowest BCUT2D eigenvalue weighted by Crippen LogP contribution is -2.34. The Morgan fingerprint density at radius 1 is 1.21 bits per heavy atom. The minimum Gasteiger partial charge on any atom is -0.370 e. The van der Waals surface area contributed by atoms with Gasteiger partial charge in [-0.1, -0.05) is 13.8 Å². The lowest BCUT2D eigenvalue weighted by molar-refractivity contribution is 0.492. The molecular weight excluding hydrogens is 236 g/mol. The van der Waals surface area contributed by atoms with Crippen molar-refractivity contribution >= 4 is 11.6 Å². The molecule has 0 aliphatic heterocycles. The molecule has 0 spiro atoms. The van der Waals surface area contributed by atoms with Gasteiger partial charge in [-0.25, -0.2) is 9.97 Å². The Hall–Kier alpha value is -1.32. The molecule has 1 aliphatic carbocycles. The van der Waals surface area contributed by atoms with E-state index in [-0.39, 0.29) is 5.54 Å². The molecule has 0 unspecified atom stereocenters. The summed E-state index contributed by atoms with van der Waals surface area (Å²) in [5, 5.41) is 7.02. The molecule has 0 aromatic carbocycles. The van der Waals surface area contributed by atoms with Gasteiger partial charge < -0.3 is 10.6 Å². The van der Waals surface area contributed by atoms with Crippen LogP contribution in [0.2, 0.25) is 0 Å². The molecule has 2 rings (SSSR count). The summed E-state index contributed by atoms with van der Waals surface area (Å²) in [6.07, 6.45) is 6.35. The van der Waals surface area contributed by atoms with E-state index in [4.69, 9.17) is 0 Å². The Labute approximate surface area is 116 Å². The Morgan fingerprint density at radius 2 is 1.89 bits per heavy atom. The maximum Gasteiger partial charge on any atom is 0.135 e. The quantitative estimate of drug-likeness (QED) is 0.790. The van der Waals surface area contributed by atoms with E-state index in [1.165, 1.54) is 18.4 Å². The van der Waals surface area contributed by atoms with Crippen molar-refractivity contribution in [3.8, 4) is 0 Å². The lowest BCUT2D eigenvalue weighted by atomic mass is 9.98. The molecule has 0 atom stereocenters. The second-order valence-electron chi connectivity index (χ2n) is 5.95. The van der Waals surface area contributed by atoms with E-state index < -0.39 is 0 Å². The smallest absolute Gasteiger partial charge is 0.135 e. The average Bonchev–Trinajstić information content (AvgIpc) is 3.20. The summed E-state index contributed by atoms with van der Waals surface area (Å²) in [5.74, 6) is 2.75. The van der Waals surface area contributed by atoms with Crippen molar-refractivity contribution in [2.24, 2.45) is 5.92 Å². The Kier molecular flexibility index (Phi) is 4.27. The average molecular weight is 262 g/mol. The lowest BCUT2D eigenvalue weighted by Gasteiger charge is -2.28. The largest absolute Gasteiger partial charge is 0.370 e. The number of rotatable bonds is 7. The van der Waals surface area contributed by atoms with Gasteiger partial charge in [-0.3, -0.25) is 0 Å². The van der Waals surface area contributed by atoms with Gasteiger partial charge >= 0.3 is 0 Å². The van der Waals surface area contributed by atoms with Crippen molar-refractivity contribution in [1.82, 2.24) is 9.97 Å². The summed E-state index contributed by atoms with van der Waals surface area (Å²) in [4.78, 5) is 8.83. The third kappa shape index (κ3) is 3.37. The molecule has 0 saturated heterocycles. The maximum atomic E-state index is 4.45. The van der Waals surface area contributed by atoms with Crippen molar-refractivity contribution in [1.29, 1.82) is 0 Å². The van der Waals surface area contributed by atoms with Crippen LogP contribution in [0.5, 0.6) is 0 Å². The molecule has 4 nitrogen and oxygen atoms in total. The molecule has 1 aromatic rings. The third-order valence-electron chi connectivity index (χ3n) is 3.88. The highest BCUT2D eigenvalue weighted by atomic mass is 15.1. The second kappa shape index (κ2) is 5.76. The number of nitrogens with one attached hydrogen (secondary N) is 2. The van der Waals surface area contributed by atoms with Crippen molar-refractivity contribution in [2.75, 3.05) is 17.2 Å². The van der Waals surface area contributed by atoms with Gasteiger partial charge in [0.05, 0.1) is 0 Å². The molecule has 106 valence electrons. The van der Waals surface area contributed by atoms with Crippen LogP contribution in [0.3, 0.4) is 0 Å². The Morgan fingerprint density at radius 3 is 2.47 bits per heavy atom. The van der Waals surface area contributed by atoms with Crippen LogP contribution in [-0.4, -0.2) is 22.1 Å². The molecule has 2 N–H and O–H groups in total. The van der Waals surface area contributed by atoms with Crippen LogP contribution in [-0.2, 0) is 6.42 Å². The van der Waals surface area contributed by atoms with Crippen LogP contribution >= 0.6 is 0 Å². The fraction of sp³-hybridized carbons (Fsp3) is 0.733. The number of aromatic nitrogens is 2. The Bertz CT molecular complexity index is 424. The van der Waals surface area contributed by atoms with Gasteiger partial charge in [0.25, 0.3) is 0 Å². The summed E-state index contributed by atoms with van der Waals surface area (Å²) in [7, 11) is 0. The minimum absolute atomic E-state index is 0.125. The van der Waals surface area contributed by atoms with Crippen molar-refractivity contribution in [3.05, 3.63) is 11.9 Å². The van der Waals surface area contributed by atoms with Crippen molar-refractivity contribution in [3.63, 3.8) is 0 Å². The summed E-state index contributed by atoms with van der Waals surface area (Å²) in [6, 6.07) is 0. The third-order valence-corrected chi connectivity index (χ3v) is 3.88. The van der Waals surface area contributed by atoms with Gasteiger partial charge in [-0.15, -0.1) is 0 Å². The fourth-order valence-electron chi connectivity index (χ4n) is 2.46. The van der Waals surface area contributed by atoms with Crippen LogP contribution < -0.4 is 10.6 Å². The molecule has 1 aliphatic rings. The van der Waals surface area contributed by atoms with Crippen LogP contribution in [0, 0.1) is 5.92 Å². The number of anilines is 2. The summed E-state index contributed by atoms with van der Waals surface area (Å²) >= 11 is 0. The van der Waals surface area contributed by atoms with Gasteiger partial charge in [0.2, 0.25) is 0 Å². The maximum absolute atomic E-state index is 4.45. The van der Waals surface area contributed by atoms with Gasteiger partial charge in [0, 0.05) is 17.6 Å². The molecule has 0 amide bonds. The molecule has 1 saturated carbocycles. The standard InChI is InChI=1S/C15H26N4/c1-5-9-16-13-12(6-2)14(18-10-17-13)19-15(3,4)11-7-8-11/h10-11H,5-9H2,1-4H3,(H2,16,17,18,19). The molecule has 19 heavy (non-hydrogen) atoms. The molecule has 1 heterocycles. The van der Waals surface area contributed by atoms with Gasteiger partial charge in [0.1, 0.15) is 18.0 Å².